The molecule has 0 radical (unpaired) electrons. The summed E-state index contributed by atoms with van der Waals surface area (Å²) < 4.78 is 2.12. The molecule has 1 saturated carbocycles. The molecule has 2 amide bonds. The second-order valence-electron chi connectivity index (χ2n) is 11.1. The van der Waals surface area contributed by atoms with E-state index in [9.17, 15) is 9.59 Å². The fraction of sp³-hybridized carbons (Fsp3) is 0.808. The lowest BCUT2D eigenvalue weighted by Gasteiger charge is -2.31. The third-order valence-corrected chi connectivity index (χ3v) is 7.63. The van der Waals surface area contributed by atoms with Crippen LogP contribution in [0.1, 0.15) is 126 Å². The monoisotopic (exact) mass is 442 g/mol. The lowest BCUT2D eigenvalue weighted by molar-refractivity contribution is 0.0906. The molecule has 1 N–H and O–H groups in total. The van der Waals surface area contributed by atoms with Crippen molar-refractivity contribution < 1.29 is 9.59 Å². The Balaban J connectivity index is 1.58. The third kappa shape index (κ3) is 5.04. The van der Waals surface area contributed by atoms with Gasteiger partial charge in [0.1, 0.15) is 0 Å². The first-order chi connectivity index (χ1) is 15.4. The zero-order chi connectivity index (χ0) is 22.7. The van der Waals surface area contributed by atoms with Gasteiger partial charge in [-0.3, -0.25) is 9.48 Å². The van der Waals surface area contributed by atoms with Crippen LogP contribution in [0.3, 0.4) is 0 Å². The standard InChI is InChI=1S/C26H42N4O2/c1-4-5-6-10-16-30-21-17-26(2,3)18-22(31)23(21)24(28-30)20-14-11-15-29(20)25(32)27-19-12-8-7-9-13-19/h19-20H,4-18H2,1-3H3,(H,27,32)/t20-/m1/s1. The maximum atomic E-state index is 13.3. The van der Waals surface area contributed by atoms with Gasteiger partial charge in [-0.15, -0.1) is 0 Å². The number of Topliss-reactive ketones (excluding diaryl/α,β-unsaturated/α-hetero) is 1. The van der Waals surface area contributed by atoms with Crippen molar-refractivity contribution in [2.24, 2.45) is 5.41 Å². The Kier molecular flexibility index (Phi) is 7.26. The number of hydrogen-bond donors (Lipinski definition) is 1. The van der Waals surface area contributed by atoms with E-state index in [0.717, 1.165) is 68.6 Å². The summed E-state index contributed by atoms with van der Waals surface area (Å²) in [7, 11) is 0. The number of fused-ring (bicyclic) bond motifs is 1. The van der Waals surface area contributed by atoms with Crippen molar-refractivity contribution in [2.75, 3.05) is 6.54 Å². The molecule has 1 aromatic rings. The number of aryl methyl sites for hydroxylation is 1. The molecule has 32 heavy (non-hydrogen) atoms. The van der Waals surface area contributed by atoms with Gasteiger partial charge in [-0.25, -0.2) is 4.79 Å². The first-order valence-corrected chi connectivity index (χ1v) is 13.1. The Hall–Kier alpha value is -1.85. The maximum absolute atomic E-state index is 13.3. The van der Waals surface area contributed by atoms with Gasteiger partial charge < -0.3 is 10.2 Å². The summed E-state index contributed by atoms with van der Waals surface area (Å²) >= 11 is 0. The minimum absolute atomic E-state index is 0.0315. The molecule has 178 valence electrons. The number of carbonyl (C=O) groups excluding carboxylic acids is 2. The van der Waals surface area contributed by atoms with Crippen LogP contribution in [0.4, 0.5) is 4.79 Å². The van der Waals surface area contributed by atoms with E-state index in [4.69, 9.17) is 5.10 Å². The molecule has 2 heterocycles. The van der Waals surface area contributed by atoms with Crippen LogP contribution in [0.15, 0.2) is 0 Å². The molecule has 0 bridgehead atoms. The van der Waals surface area contributed by atoms with Crippen molar-refractivity contribution in [1.29, 1.82) is 0 Å². The molecule has 1 aliphatic heterocycles. The van der Waals surface area contributed by atoms with Crippen LogP contribution in [0.5, 0.6) is 0 Å². The minimum atomic E-state index is -0.0746. The molecule has 6 heteroatoms. The highest BCUT2D eigenvalue weighted by molar-refractivity contribution is 6.00. The van der Waals surface area contributed by atoms with E-state index in [1.807, 2.05) is 4.90 Å². The number of urea groups is 1. The van der Waals surface area contributed by atoms with Crippen LogP contribution in [0.2, 0.25) is 0 Å². The van der Waals surface area contributed by atoms with Gasteiger partial charge >= 0.3 is 6.03 Å². The van der Waals surface area contributed by atoms with Crippen LogP contribution < -0.4 is 5.32 Å². The fourth-order valence-electron chi connectivity index (χ4n) is 5.94. The predicted molar refractivity (Wildman–Crippen MR) is 127 cm³/mol. The van der Waals surface area contributed by atoms with Crippen LogP contribution in [-0.4, -0.2) is 39.1 Å². The number of hydrogen-bond acceptors (Lipinski definition) is 3. The van der Waals surface area contributed by atoms with E-state index in [2.05, 4.69) is 30.8 Å². The van der Waals surface area contributed by atoms with Crippen molar-refractivity contribution >= 4 is 11.8 Å². The van der Waals surface area contributed by atoms with Crippen LogP contribution in [0, 0.1) is 5.41 Å². The van der Waals surface area contributed by atoms with E-state index in [1.54, 1.807) is 0 Å². The molecule has 1 aromatic heterocycles. The summed E-state index contributed by atoms with van der Waals surface area (Å²) in [5.41, 5.74) is 2.78. The maximum Gasteiger partial charge on any atom is 0.318 e. The van der Waals surface area contributed by atoms with Crippen LogP contribution in [0.25, 0.3) is 0 Å². The molecule has 3 aliphatic rings. The SMILES string of the molecule is CCCCCCn1nc([C@H]2CCCN2C(=O)NC2CCCCC2)c2c1CC(C)(C)CC2=O. The van der Waals surface area contributed by atoms with E-state index in [1.165, 1.54) is 38.5 Å². The first kappa shape index (κ1) is 23.3. The van der Waals surface area contributed by atoms with Crippen molar-refractivity contribution in [2.45, 2.75) is 123 Å². The number of amides is 2. The third-order valence-electron chi connectivity index (χ3n) is 7.63. The molecule has 1 atom stereocenters. The first-order valence-electron chi connectivity index (χ1n) is 13.1. The van der Waals surface area contributed by atoms with Gasteiger partial charge in [0.15, 0.2) is 5.78 Å². The van der Waals surface area contributed by atoms with Crippen molar-refractivity contribution in [1.82, 2.24) is 20.0 Å². The molecule has 2 fully saturated rings. The molecular weight excluding hydrogens is 400 g/mol. The summed E-state index contributed by atoms with van der Waals surface area (Å²) in [5, 5.41) is 8.33. The molecule has 1 saturated heterocycles. The summed E-state index contributed by atoms with van der Waals surface area (Å²) in [5.74, 6) is 0.214. The number of aromatic nitrogens is 2. The Morgan fingerprint density at radius 2 is 1.84 bits per heavy atom. The van der Waals surface area contributed by atoms with Crippen LogP contribution >= 0.6 is 0 Å². The molecular formula is C26H42N4O2. The van der Waals surface area contributed by atoms with E-state index < -0.39 is 0 Å². The van der Waals surface area contributed by atoms with Crippen LogP contribution in [-0.2, 0) is 13.0 Å². The lowest BCUT2D eigenvalue weighted by Crippen LogP contribution is -2.45. The summed E-state index contributed by atoms with van der Waals surface area (Å²) in [6.45, 7) is 8.21. The van der Waals surface area contributed by atoms with Crippen molar-refractivity contribution in [3.63, 3.8) is 0 Å². The number of unbranched alkanes of at least 4 members (excludes halogenated alkanes) is 3. The van der Waals surface area contributed by atoms with Gasteiger partial charge in [-0.05, 0) is 43.9 Å². The minimum Gasteiger partial charge on any atom is -0.335 e. The highest BCUT2D eigenvalue weighted by atomic mass is 16.2. The van der Waals surface area contributed by atoms with Gasteiger partial charge in [0.05, 0.1) is 23.0 Å². The lowest BCUT2D eigenvalue weighted by atomic mass is 9.75. The number of ketones is 1. The molecule has 0 unspecified atom stereocenters. The highest BCUT2D eigenvalue weighted by Gasteiger charge is 2.41. The normalized spacial score (nSPS) is 23.4. The molecule has 4 rings (SSSR count). The summed E-state index contributed by atoms with van der Waals surface area (Å²) in [6, 6.07) is 0.258. The average Bonchev–Trinajstić information content (AvgIpc) is 3.36. The van der Waals surface area contributed by atoms with E-state index in [0.29, 0.717) is 12.5 Å². The zero-order valence-corrected chi connectivity index (χ0v) is 20.4. The highest BCUT2D eigenvalue weighted by Crippen LogP contribution is 2.41. The van der Waals surface area contributed by atoms with Gasteiger partial charge in [0.2, 0.25) is 0 Å². The number of likely N-dealkylation sites (tertiary alicyclic amines) is 1. The predicted octanol–water partition coefficient (Wildman–Crippen LogP) is 5.80. The van der Waals surface area contributed by atoms with Gasteiger partial charge in [0, 0.05) is 25.6 Å². The topological polar surface area (TPSA) is 67.2 Å². The van der Waals surface area contributed by atoms with Crippen molar-refractivity contribution in [3.8, 4) is 0 Å². The van der Waals surface area contributed by atoms with Gasteiger partial charge in [-0.2, -0.15) is 5.10 Å². The van der Waals surface area contributed by atoms with Gasteiger partial charge in [-0.1, -0.05) is 59.3 Å². The van der Waals surface area contributed by atoms with Gasteiger partial charge in [0.25, 0.3) is 0 Å². The second kappa shape index (κ2) is 9.96. The average molecular weight is 443 g/mol. The Morgan fingerprint density at radius 1 is 1.06 bits per heavy atom. The molecule has 6 nitrogen and oxygen atoms in total. The quantitative estimate of drug-likeness (QED) is 0.543. The summed E-state index contributed by atoms with van der Waals surface area (Å²) in [6.07, 6.45) is 13.9. The number of nitrogens with zero attached hydrogens (tertiary/aromatic N) is 3. The Morgan fingerprint density at radius 3 is 2.59 bits per heavy atom. The van der Waals surface area contributed by atoms with Crippen molar-refractivity contribution in [3.05, 3.63) is 17.0 Å². The summed E-state index contributed by atoms with van der Waals surface area (Å²) in [4.78, 5) is 28.4. The smallest absolute Gasteiger partial charge is 0.318 e. The number of carbonyl (C=O) groups is 2. The molecule has 2 aliphatic carbocycles. The Bertz CT molecular complexity index is 822. The van der Waals surface area contributed by atoms with E-state index >= 15 is 0 Å². The molecule has 0 spiro atoms. The fourth-order valence-corrected chi connectivity index (χ4v) is 5.94. The zero-order valence-electron chi connectivity index (χ0n) is 20.4. The second-order valence-corrected chi connectivity index (χ2v) is 11.1. The molecule has 0 aromatic carbocycles. The largest absolute Gasteiger partial charge is 0.335 e. The Labute approximate surface area is 193 Å². The number of rotatable bonds is 7. The van der Waals surface area contributed by atoms with E-state index in [-0.39, 0.29) is 23.3 Å². The number of nitrogens with one attached hydrogen (secondary N) is 1.